The molecule has 0 radical (unpaired) electrons. The summed E-state index contributed by atoms with van der Waals surface area (Å²) in [7, 11) is 2.02. The van der Waals surface area contributed by atoms with Crippen molar-refractivity contribution in [1.82, 2.24) is 14.9 Å². The van der Waals surface area contributed by atoms with E-state index in [2.05, 4.69) is 31.1 Å². The first-order valence-electron chi connectivity index (χ1n) is 5.27. The molecule has 0 saturated carbocycles. The molecule has 0 spiro atoms. The fourth-order valence-corrected chi connectivity index (χ4v) is 1.22. The SMILES string of the molecule is CC(C)C(C)CNCc1cncn1C. The average molecular weight is 195 g/mol. The summed E-state index contributed by atoms with van der Waals surface area (Å²) < 4.78 is 2.05. The zero-order valence-electron chi connectivity index (χ0n) is 9.62. The van der Waals surface area contributed by atoms with E-state index in [0.29, 0.717) is 0 Å². The van der Waals surface area contributed by atoms with Crippen molar-refractivity contribution >= 4 is 0 Å². The molecule has 1 rings (SSSR count). The summed E-state index contributed by atoms with van der Waals surface area (Å²) in [5.41, 5.74) is 1.24. The Kier molecular flexibility index (Phi) is 4.14. The number of aryl methyl sites for hydroxylation is 1. The van der Waals surface area contributed by atoms with Crippen LogP contribution in [0.4, 0.5) is 0 Å². The van der Waals surface area contributed by atoms with Crippen LogP contribution in [0.5, 0.6) is 0 Å². The lowest BCUT2D eigenvalue weighted by Crippen LogP contribution is -2.24. The summed E-state index contributed by atoms with van der Waals surface area (Å²) in [5, 5.41) is 3.45. The first kappa shape index (κ1) is 11.2. The van der Waals surface area contributed by atoms with Crippen LogP contribution in [0.2, 0.25) is 0 Å². The Morgan fingerprint density at radius 1 is 1.43 bits per heavy atom. The predicted octanol–water partition coefficient (Wildman–Crippen LogP) is 1.80. The summed E-state index contributed by atoms with van der Waals surface area (Å²) in [6.07, 6.45) is 3.75. The second kappa shape index (κ2) is 5.15. The second-order valence-corrected chi connectivity index (χ2v) is 4.35. The van der Waals surface area contributed by atoms with Crippen LogP contribution in [0, 0.1) is 11.8 Å². The lowest BCUT2D eigenvalue weighted by molar-refractivity contribution is 0.390. The monoisotopic (exact) mass is 195 g/mol. The van der Waals surface area contributed by atoms with Gasteiger partial charge in [0.25, 0.3) is 0 Å². The molecule has 0 bridgehead atoms. The van der Waals surface area contributed by atoms with Crippen LogP contribution in [0.1, 0.15) is 26.5 Å². The number of rotatable bonds is 5. The van der Waals surface area contributed by atoms with Gasteiger partial charge in [0.05, 0.1) is 12.0 Å². The highest BCUT2D eigenvalue weighted by atomic mass is 15.0. The quantitative estimate of drug-likeness (QED) is 0.776. The van der Waals surface area contributed by atoms with Gasteiger partial charge in [-0.2, -0.15) is 0 Å². The topological polar surface area (TPSA) is 29.9 Å². The first-order valence-corrected chi connectivity index (χ1v) is 5.27. The summed E-state index contributed by atoms with van der Waals surface area (Å²) in [6.45, 7) is 8.78. The molecule has 1 atom stereocenters. The molecule has 0 aromatic carbocycles. The van der Waals surface area contributed by atoms with Crippen molar-refractivity contribution in [3.05, 3.63) is 18.2 Å². The van der Waals surface area contributed by atoms with Crippen LogP contribution in [-0.4, -0.2) is 16.1 Å². The molecule has 0 fully saturated rings. The Hall–Kier alpha value is -0.830. The minimum atomic E-state index is 0.725. The minimum absolute atomic E-state index is 0.725. The highest BCUT2D eigenvalue weighted by Gasteiger charge is 2.06. The third-order valence-corrected chi connectivity index (χ3v) is 2.83. The third-order valence-electron chi connectivity index (χ3n) is 2.83. The van der Waals surface area contributed by atoms with Gasteiger partial charge >= 0.3 is 0 Å². The molecule has 1 heterocycles. The average Bonchev–Trinajstić information content (AvgIpc) is 2.51. The molecular formula is C11H21N3. The fourth-order valence-electron chi connectivity index (χ4n) is 1.22. The lowest BCUT2D eigenvalue weighted by Gasteiger charge is -2.15. The van der Waals surface area contributed by atoms with Crippen molar-refractivity contribution in [3.8, 4) is 0 Å². The number of hydrogen-bond donors (Lipinski definition) is 1. The van der Waals surface area contributed by atoms with E-state index in [1.807, 2.05) is 24.1 Å². The lowest BCUT2D eigenvalue weighted by atomic mass is 9.98. The van der Waals surface area contributed by atoms with Crippen LogP contribution < -0.4 is 5.32 Å². The van der Waals surface area contributed by atoms with Crippen LogP contribution >= 0.6 is 0 Å². The molecule has 1 aromatic rings. The maximum Gasteiger partial charge on any atom is 0.0945 e. The zero-order valence-corrected chi connectivity index (χ0v) is 9.62. The van der Waals surface area contributed by atoms with Gasteiger partial charge in [0.1, 0.15) is 0 Å². The maximum absolute atomic E-state index is 4.08. The summed E-state index contributed by atoms with van der Waals surface area (Å²) in [5.74, 6) is 1.47. The van der Waals surface area contributed by atoms with Gasteiger partial charge in [0.2, 0.25) is 0 Å². The van der Waals surface area contributed by atoms with E-state index in [4.69, 9.17) is 0 Å². The third kappa shape index (κ3) is 3.14. The number of imidazole rings is 1. The van der Waals surface area contributed by atoms with Gasteiger partial charge in [-0.3, -0.25) is 0 Å². The predicted molar refractivity (Wildman–Crippen MR) is 58.9 cm³/mol. The summed E-state index contributed by atoms with van der Waals surface area (Å²) in [6, 6.07) is 0. The Labute approximate surface area is 86.5 Å². The molecule has 0 aliphatic carbocycles. The summed E-state index contributed by atoms with van der Waals surface area (Å²) in [4.78, 5) is 4.08. The van der Waals surface area contributed by atoms with Crippen molar-refractivity contribution in [3.63, 3.8) is 0 Å². The number of aromatic nitrogens is 2. The van der Waals surface area contributed by atoms with Crippen molar-refractivity contribution in [2.24, 2.45) is 18.9 Å². The van der Waals surface area contributed by atoms with Crippen molar-refractivity contribution in [2.75, 3.05) is 6.54 Å². The standard InChI is InChI=1S/C11H21N3/c1-9(2)10(3)5-12-6-11-7-13-8-14(11)4/h7-10,12H,5-6H2,1-4H3. The Morgan fingerprint density at radius 2 is 2.14 bits per heavy atom. The second-order valence-electron chi connectivity index (χ2n) is 4.35. The fraction of sp³-hybridized carbons (Fsp3) is 0.727. The maximum atomic E-state index is 4.08. The van der Waals surface area contributed by atoms with Crippen LogP contribution in [0.3, 0.4) is 0 Å². The van der Waals surface area contributed by atoms with Crippen LogP contribution in [0.15, 0.2) is 12.5 Å². The molecule has 0 amide bonds. The van der Waals surface area contributed by atoms with E-state index in [9.17, 15) is 0 Å². The largest absolute Gasteiger partial charge is 0.337 e. The molecule has 1 unspecified atom stereocenters. The highest BCUT2D eigenvalue weighted by molar-refractivity contribution is 4.96. The first-order chi connectivity index (χ1) is 6.61. The Morgan fingerprint density at radius 3 is 2.64 bits per heavy atom. The van der Waals surface area contributed by atoms with E-state index < -0.39 is 0 Å². The molecule has 3 heteroatoms. The van der Waals surface area contributed by atoms with Crippen molar-refractivity contribution in [1.29, 1.82) is 0 Å². The van der Waals surface area contributed by atoms with Gasteiger partial charge in [-0.15, -0.1) is 0 Å². The number of nitrogens with zero attached hydrogens (tertiary/aromatic N) is 2. The van der Waals surface area contributed by atoms with Crippen molar-refractivity contribution < 1.29 is 0 Å². The number of hydrogen-bond acceptors (Lipinski definition) is 2. The highest BCUT2D eigenvalue weighted by Crippen LogP contribution is 2.07. The van der Waals surface area contributed by atoms with Crippen LogP contribution in [-0.2, 0) is 13.6 Å². The normalized spacial score (nSPS) is 13.5. The van der Waals surface area contributed by atoms with Gasteiger partial charge in [0, 0.05) is 19.8 Å². The van der Waals surface area contributed by atoms with Gasteiger partial charge in [-0.05, 0) is 18.4 Å². The van der Waals surface area contributed by atoms with Crippen LogP contribution in [0.25, 0.3) is 0 Å². The van der Waals surface area contributed by atoms with E-state index >= 15 is 0 Å². The van der Waals surface area contributed by atoms with E-state index in [-0.39, 0.29) is 0 Å². The van der Waals surface area contributed by atoms with E-state index in [1.54, 1.807) is 0 Å². The van der Waals surface area contributed by atoms with Gasteiger partial charge in [-0.1, -0.05) is 20.8 Å². The molecule has 80 valence electrons. The molecule has 0 aliphatic rings. The smallest absolute Gasteiger partial charge is 0.0945 e. The Bertz CT molecular complexity index is 265. The number of nitrogens with one attached hydrogen (secondary N) is 1. The molecule has 1 N–H and O–H groups in total. The molecular weight excluding hydrogens is 174 g/mol. The molecule has 3 nitrogen and oxygen atoms in total. The summed E-state index contributed by atoms with van der Waals surface area (Å²) >= 11 is 0. The van der Waals surface area contributed by atoms with Crippen molar-refractivity contribution in [2.45, 2.75) is 27.3 Å². The van der Waals surface area contributed by atoms with Gasteiger partial charge < -0.3 is 9.88 Å². The van der Waals surface area contributed by atoms with Gasteiger partial charge in [0.15, 0.2) is 0 Å². The molecule has 1 aromatic heterocycles. The zero-order chi connectivity index (χ0) is 10.6. The Balaban J connectivity index is 2.25. The van der Waals surface area contributed by atoms with E-state index in [1.165, 1.54) is 5.69 Å². The molecule has 14 heavy (non-hydrogen) atoms. The molecule has 0 saturated heterocycles. The molecule has 0 aliphatic heterocycles. The van der Waals surface area contributed by atoms with E-state index in [0.717, 1.165) is 24.9 Å². The minimum Gasteiger partial charge on any atom is -0.337 e. The van der Waals surface area contributed by atoms with Gasteiger partial charge in [-0.25, -0.2) is 4.98 Å².